The van der Waals surface area contributed by atoms with Crippen LogP contribution in [0.25, 0.3) is 0 Å². The van der Waals surface area contributed by atoms with Gasteiger partial charge >= 0.3 is 0 Å². The Balaban J connectivity index is 1.96. The molecule has 3 heteroatoms. The third-order valence-corrected chi connectivity index (χ3v) is 5.12. The van der Waals surface area contributed by atoms with Crippen LogP contribution in [-0.2, 0) is 9.63 Å². The average Bonchev–Trinajstić information content (AvgIpc) is 2.64. The van der Waals surface area contributed by atoms with Gasteiger partial charge in [-0.15, -0.1) is 0 Å². The molecule has 0 aromatic heterocycles. The Labute approximate surface area is 109 Å². The maximum Gasteiger partial charge on any atom is 0.166 e. The van der Waals surface area contributed by atoms with Crippen LogP contribution in [0, 0.1) is 5.41 Å². The van der Waals surface area contributed by atoms with Crippen molar-refractivity contribution in [1.29, 1.82) is 0 Å². The van der Waals surface area contributed by atoms with Crippen LogP contribution >= 0.6 is 0 Å². The Hall–Kier alpha value is -0.670. The molecule has 1 heterocycles. The van der Waals surface area contributed by atoms with Crippen molar-refractivity contribution < 1.29 is 9.63 Å². The van der Waals surface area contributed by atoms with Gasteiger partial charge in [-0.2, -0.15) is 5.06 Å². The highest BCUT2D eigenvalue weighted by atomic mass is 16.7. The van der Waals surface area contributed by atoms with Crippen molar-refractivity contribution in [2.75, 3.05) is 13.7 Å². The lowest BCUT2D eigenvalue weighted by atomic mass is 9.68. The van der Waals surface area contributed by atoms with Crippen molar-refractivity contribution >= 4 is 5.78 Å². The Morgan fingerprint density at radius 3 is 2.56 bits per heavy atom. The second-order valence-electron chi connectivity index (χ2n) is 6.11. The Morgan fingerprint density at radius 1 is 1.17 bits per heavy atom. The third kappa shape index (κ3) is 1.60. The van der Waals surface area contributed by atoms with E-state index >= 15 is 0 Å². The van der Waals surface area contributed by atoms with E-state index in [0.717, 1.165) is 38.6 Å². The summed E-state index contributed by atoms with van der Waals surface area (Å²) < 4.78 is 0. The zero-order valence-corrected chi connectivity index (χ0v) is 11.3. The minimum absolute atomic E-state index is 0.115. The maximum atomic E-state index is 13.1. The highest BCUT2D eigenvalue weighted by Crippen LogP contribution is 2.50. The van der Waals surface area contributed by atoms with Crippen LogP contribution in [0.3, 0.4) is 0 Å². The molecule has 3 nitrogen and oxygen atoms in total. The summed E-state index contributed by atoms with van der Waals surface area (Å²) in [6, 6.07) is 0. The largest absolute Gasteiger partial charge is 0.301 e. The lowest BCUT2D eigenvalue weighted by molar-refractivity contribution is -0.175. The fourth-order valence-corrected chi connectivity index (χ4v) is 4.15. The normalized spacial score (nSPS) is 35.7. The van der Waals surface area contributed by atoms with Gasteiger partial charge in [-0.05, 0) is 32.1 Å². The number of allylic oxidation sites excluding steroid dienone is 1. The number of carbonyl (C=O) groups is 1. The van der Waals surface area contributed by atoms with E-state index in [-0.39, 0.29) is 5.41 Å². The molecule has 2 fully saturated rings. The smallest absolute Gasteiger partial charge is 0.166 e. The first-order valence-corrected chi connectivity index (χ1v) is 7.28. The molecule has 0 bridgehead atoms. The molecule has 3 aliphatic rings. The molecular weight excluding hydrogens is 226 g/mol. The van der Waals surface area contributed by atoms with Gasteiger partial charge in [0.15, 0.2) is 5.78 Å². The first-order chi connectivity index (χ1) is 8.73. The number of nitrogens with zero attached hydrogens (tertiary/aromatic N) is 1. The second kappa shape index (κ2) is 4.46. The molecular formula is C15H23NO2. The standard InChI is InChI=1S/C15H23NO2/c1-18-16-12-14(8-4-2-5-9-14)13(17)15(16)10-6-3-7-11-15/h6,10H,2-5,7-9,11-12H2,1H3/t15-/m0/s1. The van der Waals surface area contributed by atoms with Crippen molar-refractivity contribution in [1.82, 2.24) is 5.06 Å². The summed E-state index contributed by atoms with van der Waals surface area (Å²) in [5, 5.41) is 1.97. The van der Waals surface area contributed by atoms with Crippen LogP contribution < -0.4 is 0 Å². The van der Waals surface area contributed by atoms with E-state index in [1.165, 1.54) is 19.3 Å². The van der Waals surface area contributed by atoms with E-state index < -0.39 is 5.54 Å². The topological polar surface area (TPSA) is 29.5 Å². The summed E-state index contributed by atoms with van der Waals surface area (Å²) in [7, 11) is 1.71. The highest BCUT2D eigenvalue weighted by Gasteiger charge is 2.60. The van der Waals surface area contributed by atoms with Gasteiger partial charge in [0.2, 0.25) is 0 Å². The lowest BCUT2D eigenvalue weighted by Gasteiger charge is -2.35. The number of hydrogen-bond donors (Lipinski definition) is 0. The quantitative estimate of drug-likeness (QED) is 0.669. The summed E-state index contributed by atoms with van der Waals surface area (Å²) in [5.74, 6) is 0.438. The van der Waals surface area contributed by atoms with Gasteiger partial charge in [0.05, 0.1) is 7.11 Å². The highest BCUT2D eigenvalue weighted by molar-refractivity contribution is 5.97. The van der Waals surface area contributed by atoms with E-state index in [4.69, 9.17) is 4.84 Å². The SMILES string of the molecule is CON1CC2(CCCCC2)C(=O)[C@@]12C=CCCC2. The fourth-order valence-electron chi connectivity index (χ4n) is 4.15. The van der Waals surface area contributed by atoms with E-state index in [0.29, 0.717) is 5.78 Å². The van der Waals surface area contributed by atoms with Crippen LogP contribution in [0.4, 0.5) is 0 Å². The second-order valence-corrected chi connectivity index (χ2v) is 6.11. The van der Waals surface area contributed by atoms with Crippen LogP contribution in [0.1, 0.15) is 51.4 Å². The van der Waals surface area contributed by atoms with Crippen molar-refractivity contribution in [3.8, 4) is 0 Å². The van der Waals surface area contributed by atoms with Crippen LogP contribution in [0.5, 0.6) is 0 Å². The van der Waals surface area contributed by atoms with E-state index in [2.05, 4.69) is 12.2 Å². The molecule has 0 aromatic rings. The zero-order valence-electron chi connectivity index (χ0n) is 11.3. The lowest BCUT2D eigenvalue weighted by Crippen LogP contribution is -2.48. The van der Waals surface area contributed by atoms with E-state index in [1.807, 2.05) is 5.06 Å². The summed E-state index contributed by atoms with van der Waals surface area (Å²) >= 11 is 0. The predicted octanol–water partition coefficient (Wildman–Crippen LogP) is 2.86. The first-order valence-electron chi connectivity index (χ1n) is 7.28. The summed E-state index contributed by atoms with van der Waals surface area (Å²) in [6.45, 7) is 0.798. The van der Waals surface area contributed by atoms with Crippen LogP contribution in [-0.4, -0.2) is 30.0 Å². The Kier molecular flexibility index (Phi) is 3.07. The van der Waals surface area contributed by atoms with Crippen LogP contribution in [0.15, 0.2) is 12.2 Å². The molecule has 100 valence electrons. The van der Waals surface area contributed by atoms with Gasteiger partial charge in [0.25, 0.3) is 0 Å². The molecule has 0 amide bonds. The molecule has 0 radical (unpaired) electrons. The molecule has 0 aromatic carbocycles. The van der Waals surface area contributed by atoms with E-state index in [9.17, 15) is 4.79 Å². The zero-order chi connectivity index (χ0) is 12.6. The van der Waals surface area contributed by atoms with Crippen molar-refractivity contribution in [3.05, 3.63) is 12.2 Å². The van der Waals surface area contributed by atoms with Gasteiger partial charge in [-0.25, -0.2) is 0 Å². The summed E-state index contributed by atoms with van der Waals surface area (Å²) in [5.41, 5.74) is -0.555. The van der Waals surface area contributed by atoms with Gasteiger partial charge in [-0.3, -0.25) is 4.79 Å². The molecule has 3 rings (SSSR count). The minimum atomic E-state index is -0.440. The van der Waals surface area contributed by atoms with E-state index in [1.54, 1.807) is 7.11 Å². The third-order valence-electron chi connectivity index (χ3n) is 5.12. The Morgan fingerprint density at radius 2 is 1.94 bits per heavy atom. The molecule has 0 unspecified atom stereocenters. The molecule has 1 saturated heterocycles. The first kappa shape index (κ1) is 12.4. The van der Waals surface area contributed by atoms with Crippen molar-refractivity contribution in [2.45, 2.75) is 56.9 Å². The summed E-state index contributed by atoms with van der Waals surface area (Å²) in [4.78, 5) is 18.6. The fraction of sp³-hybridized carbons (Fsp3) is 0.800. The predicted molar refractivity (Wildman–Crippen MR) is 70.0 cm³/mol. The van der Waals surface area contributed by atoms with Gasteiger partial charge in [-0.1, -0.05) is 31.4 Å². The Bertz CT molecular complexity index is 371. The monoisotopic (exact) mass is 249 g/mol. The molecule has 1 atom stereocenters. The number of hydrogen-bond acceptors (Lipinski definition) is 3. The molecule has 2 aliphatic carbocycles. The molecule has 18 heavy (non-hydrogen) atoms. The van der Waals surface area contributed by atoms with Gasteiger partial charge < -0.3 is 4.84 Å². The van der Waals surface area contributed by atoms with Gasteiger partial charge in [0, 0.05) is 12.0 Å². The molecule has 2 spiro atoms. The average molecular weight is 249 g/mol. The number of hydroxylamine groups is 2. The number of carbonyl (C=O) groups excluding carboxylic acids is 1. The number of ketones is 1. The van der Waals surface area contributed by atoms with Crippen molar-refractivity contribution in [3.63, 3.8) is 0 Å². The number of Topliss-reactive ketones (excluding diaryl/α,β-unsaturated/α-hetero) is 1. The van der Waals surface area contributed by atoms with Gasteiger partial charge in [0.1, 0.15) is 5.54 Å². The molecule has 1 saturated carbocycles. The minimum Gasteiger partial charge on any atom is -0.301 e. The molecule has 0 N–H and O–H groups in total. The summed E-state index contributed by atoms with van der Waals surface area (Å²) in [6.07, 6.45) is 13.2. The van der Waals surface area contributed by atoms with Crippen molar-refractivity contribution in [2.24, 2.45) is 5.41 Å². The number of rotatable bonds is 1. The molecule has 1 aliphatic heterocycles. The maximum absolute atomic E-state index is 13.1. The van der Waals surface area contributed by atoms with Crippen LogP contribution in [0.2, 0.25) is 0 Å².